The van der Waals surface area contributed by atoms with Crippen molar-refractivity contribution >= 4 is 35.8 Å². The van der Waals surface area contributed by atoms with E-state index in [-0.39, 0.29) is 36.4 Å². The summed E-state index contributed by atoms with van der Waals surface area (Å²) in [4.78, 5) is 16.0. The largest absolute Gasteiger partial charge is 0.467 e. The van der Waals surface area contributed by atoms with Crippen molar-refractivity contribution in [1.82, 2.24) is 16.0 Å². The van der Waals surface area contributed by atoms with Gasteiger partial charge in [-0.15, -0.1) is 24.0 Å². The first-order valence-electron chi connectivity index (χ1n) is 9.13. The number of carbonyl (C=O) groups is 1. The number of benzene rings is 1. The molecule has 0 saturated carbocycles. The summed E-state index contributed by atoms with van der Waals surface area (Å²) in [6.07, 6.45) is 3.27. The van der Waals surface area contributed by atoms with Gasteiger partial charge in [-0.3, -0.25) is 9.79 Å². The molecular formula is C20H29IN4O3. The summed E-state index contributed by atoms with van der Waals surface area (Å²) in [6, 6.07) is 13.8. The van der Waals surface area contributed by atoms with Crippen molar-refractivity contribution < 1.29 is 13.9 Å². The van der Waals surface area contributed by atoms with Gasteiger partial charge in [-0.2, -0.15) is 0 Å². The van der Waals surface area contributed by atoms with Gasteiger partial charge in [-0.1, -0.05) is 30.3 Å². The van der Waals surface area contributed by atoms with Crippen LogP contribution < -0.4 is 16.0 Å². The maximum atomic E-state index is 11.9. The first-order valence-corrected chi connectivity index (χ1v) is 9.13. The lowest BCUT2D eigenvalue weighted by Gasteiger charge is -2.12. The molecule has 2 aromatic rings. The van der Waals surface area contributed by atoms with Gasteiger partial charge in [0.05, 0.1) is 12.8 Å². The molecule has 3 N–H and O–H groups in total. The van der Waals surface area contributed by atoms with Crippen LogP contribution in [0.2, 0.25) is 0 Å². The fraction of sp³-hybridized carbons (Fsp3) is 0.400. The van der Waals surface area contributed by atoms with Crippen molar-refractivity contribution in [2.75, 3.05) is 33.3 Å². The number of halogens is 1. The molecule has 1 aromatic heterocycles. The molecule has 2 rings (SSSR count). The average molecular weight is 500 g/mol. The molecule has 8 heteroatoms. The summed E-state index contributed by atoms with van der Waals surface area (Å²) in [5.74, 6) is 1.36. The Balaban J connectivity index is 0.00000392. The molecule has 0 fully saturated rings. The van der Waals surface area contributed by atoms with Crippen LogP contribution in [0.5, 0.6) is 0 Å². The zero-order chi connectivity index (χ0) is 19.2. The Morgan fingerprint density at radius 3 is 2.61 bits per heavy atom. The zero-order valence-corrected chi connectivity index (χ0v) is 18.5. The third-order valence-corrected chi connectivity index (χ3v) is 3.80. The summed E-state index contributed by atoms with van der Waals surface area (Å²) in [5, 5.41) is 9.05. The second-order valence-corrected chi connectivity index (χ2v) is 5.92. The Morgan fingerprint density at radius 1 is 1.07 bits per heavy atom. The normalized spacial score (nSPS) is 10.8. The molecular weight excluding hydrogens is 471 g/mol. The lowest BCUT2D eigenvalue weighted by molar-refractivity contribution is -0.119. The van der Waals surface area contributed by atoms with Crippen LogP contribution in [0.4, 0.5) is 0 Å². The van der Waals surface area contributed by atoms with Crippen LogP contribution in [0.15, 0.2) is 58.1 Å². The van der Waals surface area contributed by atoms with E-state index in [2.05, 4.69) is 33.1 Å². The van der Waals surface area contributed by atoms with E-state index < -0.39 is 0 Å². The van der Waals surface area contributed by atoms with E-state index in [0.717, 1.165) is 18.6 Å². The van der Waals surface area contributed by atoms with Crippen LogP contribution in [0, 0.1) is 0 Å². The highest BCUT2D eigenvalue weighted by Gasteiger charge is 2.03. The fourth-order valence-corrected chi connectivity index (χ4v) is 2.39. The number of guanidine groups is 1. The molecule has 0 aliphatic heterocycles. The zero-order valence-electron chi connectivity index (χ0n) is 16.1. The predicted octanol–water partition coefficient (Wildman–Crippen LogP) is 2.33. The molecule has 0 aliphatic rings. The maximum absolute atomic E-state index is 11.9. The third-order valence-electron chi connectivity index (χ3n) is 3.80. The number of furan rings is 1. The molecule has 0 bridgehead atoms. The predicted molar refractivity (Wildman–Crippen MR) is 121 cm³/mol. The van der Waals surface area contributed by atoms with Crippen molar-refractivity contribution in [3.63, 3.8) is 0 Å². The standard InChI is InChI=1S/C20H28N4O3.HI/c1-21-20(23-11-6-13-26-16-18-9-5-14-27-18)24-15-19(25)22-12-10-17-7-3-2-4-8-17;/h2-5,7-9,14H,6,10-13,15-16H2,1H3,(H,22,25)(H2,21,23,24);1H. The molecule has 154 valence electrons. The summed E-state index contributed by atoms with van der Waals surface area (Å²) in [7, 11) is 1.68. The van der Waals surface area contributed by atoms with E-state index in [1.807, 2.05) is 30.3 Å². The fourth-order valence-electron chi connectivity index (χ4n) is 2.39. The Morgan fingerprint density at radius 2 is 1.89 bits per heavy atom. The van der Waals surface area contributed by atoms with Crippen molar-refractivity contribution in [1.29, 1.82) is 0 Å². The molecule has 0 unspecified atom stereocenters. The van der Waals surface area contributed by atoms with Crippen LogP contribution >= 0.6 is 24.0 Å². The number of hydrogen-bond donors (Lipinski definition) is 3. The summed E-state index contributed by atoms with van der Waals surface area (Å²) >= 11 is 0. The number of nitrogens with zero attached hydrogens (tertiary/aromatic N) is 1. The average Bonchev–Trinajstić information content (AvgIpc) is 3.21. The van der Waals surface area contributed by atoms with Crippen LogP contribution in [0.25, 0.3) is 0 Å². The Bertz CT molecular complexity index is 678. The quantitative estimate of drug-likeness (QED) is 0.191. The Hall–Kier alpha value is -2.07. The van der Waals surface area contributed by atoms with Gasteiger partial charge >= 0.3 is 0 Å². The molecule has 1 aromatic carbocycles. The van der Waals surface area contributed by atoms with E-state index >= 15 is 0 Å². The lowest BCUT2D eigenvalue weighted by Crippen LogP contribution is -2.43. The van der Waals surface area contributed by atoms with E-state index in [4.69, 9.17) is 9.15 Å². The number of nitrogens with one attached hydrogen (secondary N) is 3. The van der Waals surface area contributed by atoms with Gasteiger partial charge in [0.15, 0.2) is 5.96 Å². The van der Waals surface area contributed by atoms with Gasteiger partial charge in [0, 0.05) is 26.7 Å². The number of amides is 1. The molecule has 28 heavy (non-hydrogen) atoms. The summed E-state index contributed by atoms with van der Waals surface area (Å²) in [6.45, 7) is 2.59. The summed E-state index contributed by atoms with van der Waals surface area (Å²) in [5.41, 5.74) is 1.21. The lowest BCUT2D eigenvalue weighted by atomic mass is 10.1. The highest BCUT2D eigenvalue weighted by atomic mass is 127. The number of rotatable bonds is 11. The number of aliphatic imine (C=N–C) groups is 1. The molecule has 0 radical (unpaired) electrons. The van der Waals surface area contributed by atoms with E-state index in [1.165, 1.54) is 5.56 Å². The molecule has 1 heterocycles. The highest BCUT2D eigenvalue weighted by molar-refractivity contribution is 14.0. The second-order valence-electron chi connectivity index (χ2n) is 5.92. The first kappa shape index (κ1) is 24.0. The molecule has 1 amide bonds. The Labute approximate surface area is 183 Å². The molecule has 0 spiro atoms. The van der Waals surface area contributed by atoms with Gasteiger partial charge in [0.1, 0.15) is 12.4 Å². The molecule has 7 nitrogen and oxygen atoms in total. The minimum atomic E-state index is -0.0596. The SMILES string of the molecule is CN=C(NCCCOCc1ccco1)NCC(=O)NCCc1ccccc1.I. The number of hydrogen-bond acceptors (Lipinski definition) is 4. The van der Waals surface area contributed by atoms with Gasteiger partial charge in [0.25, 0.3) is 0 Å². The van der Waals surface area contributed by atoms with Crippen molar-refractivity contribution in [2.24, 2.45) is 4.99 Å². The van der Waals surface area contributed by atoms with Gasteiger partial charge in [0.2, 0.25) is 5.91 Å². The molecule has 0 saturated heterocycles. The van der Waals surface area contributed by atoms with Gasteiger partial charge in [-0.05, 0) is 30.5 Å². The Kier molecular flexibility index (Phi) is 12.8. The molecule has 0 aliphatic carbocycles. The van der Waals surface area contributed by atoms with Crippen LogP contribution in [-0.4, -0.2) is 45.2 Å². The van der Waals surface area contributed by atoms with E-state index in [0.29, 0.717) is 32.3 Å². The maximum Gasteiger partial charge on any atom is 0.239 e. The van der Waals surface area contributed by atoms with Crippen LogP contribution in [-0.2, 0) is 22.6 Å². The highest BCUT2D eigenvalue weighted by Crippen LogP contribution is 2.01. The van der Waals surface area contributed by atoms with E-state index in [9.17, 15) is 4.79 Å². The topological polar surface area (TPSA) is 87.9 Å². The van der Waals surface area contributed by atoms with Crippen molar-refractivity contribution in [3.05, 3.63) is 60.1 Å². The minimum absolute atomic E-state index is 0. The van der Waals surface area contributed by atoms with Crippen LogP contribution in [0.3, 0.4) is 0 Å². The van der Waals surface area contributed by atoms with Crippen molar-refractivity contribution in [3.8, 4) is 0 Å². The van der Waals surface area contributed by atoms with Crippen molar-refractivity contribution in [2.45, 2.75) is 19.4 Å². The summed E-state index contributed by atoms with van der Waals surface area (Å²) < 4.78 is 10.7. The van der Waals surface area contributed by atoms with Gasteiger partial charge < -0.3 is 25.1 Å². The molecule has 0 atom stereocenters. The smallest absolute Gasteiger partial charge is 0.239 e. The van der Waals surface area contributed by atoms with Gasteiger partial charge in [-0.25, -0.2) is 0 Å². The minimum Gasteiger partial charge on any atom is -0.467 e. The second kappa shape index (κ2) is 14.9. The monoisotopic (exact) mass is 500 g/mol. The first-order chi connectivity index (χ1) is 13.3. The third kappa shape index (κ3) is 10.3. The van der Waals surface area contributed by atoms with Crippen LogP contribution in [0.1, 0.15) is 17.7 Å². The number of carbonyl (C=O) groups excluding carboxylic acids is 1. The van der Waals surface area contributed by atoms with E-state index in [1.54, 1.807) is 13.3 Å². The number of ether oxygens (including phenoxy) is 1.